The molecule has 2 saturated heterocycles. The summed E-state index contributed by atoms with van der Waals surface area (Å²) >= 11 is 3.53. The number of hydrogen-bond donors (Lipinski definition) is 2. The molecular weight excluding hydrogens is 544 g/mol. The lowest BCUT2D eigenvalue weighted by Crippen LogP contribution is -2.56. The number of hydrogen-bond acceptors (Lipinski definition) is 5. The van der Waals surface area contributed by atoms with Gasteiger partial charge in [-0.3, -0.25) is 25.2 Å². The summed E-state index contributed by atoms with van der Waals surface area (Å²) in [6.07, 6.45) is 5.44. The summed E-state index contributed by atoms with van der Waals surface area (Å²) in [5, 5.41) is 10.9. The van der Waals surface area contributed by atoms with Crippen LogP contribution in [-0.4, -0.2) is 59.2 Å². The van der Waals surface area contributed by atoms with E-state index in [-0.39, 0.29) is 11.4 Å². The number of likely N-dealkylation sites (tertiary alicyclic amines) is 2. The topological polar surface area (TPSA) is 68.9 Å². The van der Waals surface area contributed by atoms with E-state index in [1.165, 1.54) is 5.57 Å². The van der Waals surface area contributed by atoms with Crippen LogP contribution in [0.2, 0.25) is 0 Å². The van der Waals surface area contributed by atoms with Crippen molar-refractivity contribution >= 4 is 38.4 Å². The molecule has 0 unspecified atom stereocenters. The van der Waals surface area contributed by atoms with Crippen molar-refractivity contribution in [3.63, 3.8) is 0 Å². The van der Waals surface area contributed by atoms with Gasteiger partial charge < -0.3 is 4.90 Å². The lowest BCUT2D eigenvalue weighted by atomic mass is 9.84. The number of rotatable bonds is 6. The Morgan fingerprint density at radius 2 is 1.76 bits per heavy atom. The average Bonchev–Trinajstić information content (AvgIpc) is 2.94. The Hall–Kier alpha value is -2.94. The van der Waals surface area contributed by atoms with Crippen molar-refractivity contribution in [2.75, 3.05) is 32.8 Å². The highest BCUT2D eigenvalue weighted by Crippen LogP contribution is 2.35. The van der Waals surface area contributed by atoms with Crippen molar-refractivity contribution in [2.24, 2.45) is 0 Å². The maximum absolute atomic E-state index is 13.5. The molecule has 2 fully saturated rings. The number of fused-ring (bicyclic) bond motifs is 1. The van der Waals surface area contributed by atoms with Gasteiger partial charge in [0.05, 0.1) is 23.3 Å². The number of halogens is 1. The van der Waals surface area contributed by atoms with E-state index in [9.17, 15) is 10.0 Å². The first kappa shape index (κ1) is 26.7. The summed E-state index contributed by atoms with van der Waals surface area (Å²) in [5.41, 5.74) is 8.19. The van der Waals surface area contributed by atoms with Gasteiger partial charge >= 0.3 is 0 Å². The minimum Gasteiger partial charge on any atom is -0.338 e. The molecule has 2 N–H and O–H groups in total. The highest BCUT2D eigenvalue weighted by atomic mass is 79.9. The van der Waals surface area contributed by atoms with Gasteiger partial charge in [0.2, 0.25) is 6.20 Å². The first-order valence-electron chi connectivity index (χ1n) is 13.4. The molecule has 5 rings (SSSR count). The first-order valence-corrected chi connectivity index (χ1v) is 14.2. The number of pyridine rings is 1. The average molecular weight is 581 g/mol. The van der Waals surface area contributed by atoms with Gasteiger partial charge in [-0.25, -0.2) is 0 Å². The zero-order valence-corrected chi connectivity index (χ0v) is 23.7. The fourth-order valence-corrected chi connectivity index (χ4v) is 6.02. The molecule has 0 bridgehead atoms. The van der Waals surface area contributed by atoms with E-state index < -0.39 is 0 Å². The van der Waals surface area contributed by atoms with Crippen LogP contribution in [0.3, 0.4) is 0 Å². The van der Waals surface area contributed by atoms with Crippen LogP contribution in [0.5, 0.6) is 0 Å². The summed E-state index contributed by atoms with van der Waals surface area (Å²) in [4.78, 5) is 23.7. The van der Waals surface area contributed by atoms with Crippen molar-refractivity contribution in [3.05, 3.63) is 82.0 Å². The second-order valence-corrected chi connectivity index (χ2v) is 11.3. The van der Waals surface area contributed by atoms with Gasteiger partial charge in [-0.05, 0) is 74.9 Å². The molecule has 0 radical (unpaired) electrons. The highest BCUT2D eigenvalue weighted by molar-refractivity contribution is 9.10. The summed E-state index contributed by atoms with van der Waals surface area (Å²) in [6.45, 7) is 8.39. The van der Waals surface area contributed by atoms with Crippen molar-refractivity contribution in [3.8, 4) is 0 Å². The molecule has 200 valence electrons. The normalized spacial score (nSPS) is 18.0. The third kappa shape index (κ3) is 5.44. The third-order valence-electron chi connectivity index (χ3n) is 8.11. The highest BCUT2D eigenvalue weighted by Gasteiger charge is 2.38. The fourth-order valence-electron chi connectivity index (χ4n) is 5.76. The fraction of sp³-hybridized carbons (Fsp3) is 0.400. The van der Waals surface area contributed by atoms with Gasteiger partial charge in [-0.15, -0.1) is 0 Å². The molecule has 0 saturated carbocycles. The van der Waals surface area contributed by atoms with Crippen molar-refractivity contribution in [1.29, 1.82) is 0 Å². The van der Waals surface area contributed by atoms with E-state index in [0.29, 0.717) is 17.7 Å². The summed E-state index contributed by atoms with van der Waals surface area (Å²) in [5.74, 6) is 0.0360. The predicted molar refractivity (Wildman–Crippen MR) is 152 cm³/mol. The van der Waals surface area contributed by atoms with Gasteiger partial charge in [0.15, 0.2) is 0 Å². The van der Waals surface area contributed by atoms with E-state index in [1.54, 1.807) is 12.3 Å². The van der Waals surface area contributed by atoms with Gasteiger partial charge in [0.1, 0.15) is 0 Å². The molecule has 8 heteroatoms. The lowest BCUT2D eigenvalue weighted by molar-refractivity contribution is -0.884. The minimum atomic E-state index is 0.0360. The second-order valence-electron chi connectivity index (χ2n) is 10.4. The van der Waals surface area contributed by atoms with E-state index in [1.807, 2.05) is 36.1 Å². The standard InChI is InChI=1S/C30H36BrN4O3/c1-3-38-32-28(22-9-11-24(31)12-10-22)23-13-18-34(19-14-23)30(2)15-20-33(21-16-30)29(36)26-6-4-8-27-25(26)7-5-17-35(27)37/h4-12,17,32,37H,3,13-16,18-21H2,1-2H3/q+1. The van der Waals surface area contributed by atoms with Gasteiger partial charge in [0.25, 0.3) is 11.4 Å². The molecule has 1 aromatic heterocycles. The Morgan fingerprint density at radius 3 is 2.45 bits per heavy atom. The Balaban J connectivity index is 1.25. The summed E-state index contributed by atoms with van der Waals surface area (Å²) in [7, 11) is 0. The summed E-state index contributed by atoms with van der Waals surface area (Å²) < 4.78 is 2.14. The zero-order chi connectivity index (χ0) is 26.7. The Kier molecular flexibility index (Phi) is 8.02. The molecule has 2 aliphatic heterocycles. The number of carbonyl (C=O) groups excluding carboxylic acids is 1. The first-order chi connectivity index (χ1) is 18.4. The maximum Gasteiger partial charge on any atom is 0.265 e. The van der Waals surface area contributed by atoms with Crippen LogP contribution in [0.15, 0.2) is 70.8 Å². The van der Waals surface area contributed by atoms with Crippen LogP contribution in [0.1, 0.15) is 55.5 Å². The minimum absolute atomic E-state index is 0.0360. The molecule has 3 heterocycles. The quantitative estimate of drug-likeness (QED) is 0.239. The molecule has 3 aromatic rings. The zero-order valence-electron chi connectivity index (χ0n) is 22.1. The van der Waals surface area contributed by atoms with Crippen LogP contribution in [0.25, 0.3) is 16.6 Å². The van der Waals surface area contributed by atoms with E-state index in [2.05, 4.69) is 57.5 Å². The number of benzene rings is 2. The maximum atomic E-state index is 13.5. The van der Waals surface area contributed by atoms with Crippen LogP contribution < -0.4 is 10.2 Å². The largest absolute Gasteiger partial charge is 0.338 e. The number of aromatic nitrogens is 1. The second kappa shape index (κ2) is 11.4. The molecule has 0 spiro atoms. The third-order valence-corrected chi connectivity index (χ3v) is 8.64. The van der Waals surface area contributed by atoms with E-state index in [4.69, 9.17) is 4.84 Å². The molecule has 1 amide bonds. The van der Waals surface area contributed by atoms with Crippen molar-refractivity contribution in [1.82, 2.24) is 15.3 Å². The van der Waals surface area contributed by atoms with Gasteiger partial charge in [-0.1, -0.05) is 34.1 Å². The number of nitrogens with one attached hydrogen (secondary N) is 1. The molecule has 7 nitrogen and oxygen atoms in total. The Bertz CT molecular complexity index is 1320. The lowest BCUT2D eigenvalue weighted by Gasteiger charge is -2.48. The van der Waals surface area contributed by atoms with Gasteiger partial charge in [-0.2, -0.15) is 0 Å². The molecule has 0 aliphatic carbocycles. The SMILES string of the molecule is CCONC(=C1CCN(C2(C)CCN(C(=O)c3cccc4c3ccc[n+]4O)CC2)CC1)c1ccc(Br)cc1. The summed E-state index contributed by atoms with van der Waals surface area (Å²) in [6, 6.07) is 17.5. The number of amides is 1. The monoisotopic (exact) mass is 579 g/mol. The van der Waals surface area contributed by atoms with E-state index in [0.717, 1.165) is 77.7 Å². The van der Waals surface area contributed by atoms with Crippen LogP contribution in [0.4, 0.5) is 0 Å². The Morgan fingerprint density at radius 1 is 1.05 bits per heavy atom. The number of nitrogens with zero attached hydrogens (tertiary/aromatic N) is 3. The van der Waals surface area contributed by atoms with Gasteiger partial charge in [0, 0.05) is 53.1 Å². The van der Waals surface area contributed by atoms with E-state index >= 15 is 0 Å². The Labute approximate surface area is 232 Å². The molecule has 38 heavy (non-hydrogen) atoms. The smallest absolute Gasteiger partial charge is 0.265 e. The van der Waals surface area contributed by atoms with Crippen LogP contribution in [0, 0.1) is 0 Å². The number of hydroxylamine groups is 1. The van der Waals surface area contributed by atoms with Crippen LogP contribution >= 0.6 is 15.9 Å². The van der Waals surface area contributed by atoms with Crippen molar-refractivity contribution in [2.45, 2.75) is 45.1 Å². The molecule has 2 aliphatic rings. The number of piperidine rings is 2. The molecular formula is C30H36BrN4O3+. The van der Waals surface area contributed by atoms with Crippen LogP contribution in [-0.2, 0) is 4.84 Å². The molecule has 2 aromatic carbocycles. The predicted octanol–water partition coefficient (Wildman–Crippen LogP) is 5.17. The molecule has 0 atom stereocenters. The number of carbonyl (C=O) groups is 1. The van der Waals surface area contributed by atoms with Crippen molar-refractivity contribution < 1.29 is 19.6 Å².